The number of nitrogens with one attached hydrogen (secondary N) is 2. The van der Waals surface area contributed by atoms with Crippen molar-refractivity contribution in [3.63, 3.8) is 0 Å². The fourth-order valence-electron chi connectivity index (χ4n) is 2.85. The Morgan fingerprint density at radius 1 is 1.28 bits per heavy atom. The van der Waals surface area contributed by atoms with E-state index >= 15 is 0 Å². The van der Waals surface area contributed by atoms with Gasteiger partial charge >= 0.3 is 0 Å². The Hall–Kier alpha value is -3.08. The van der Waals surface area contributed by atoms with Gasteiger partial charge in [-0.3, -0.25) is 4.79 Å². The summed E-state index contributed by atoms with van der Waals surface area (Å²) >= 11 is 0. The van der Waals surface area contributed by atoms with Gasteiger partial charge in [0.1, 0.15) is 17.3 Å². The first-order valence-corrected chi connectivity index (χ1v) is 8.37. The lowest BCUT2D eigenvalue weighted by Gasteiger charge is -2.03. The van der Waals surface area contributed by atoms with Crippen LogP contribution in [0, 0.1) is 5.92 Å². The summed E-state index contributed by atoms with van der Waals surface area (Å²) < 4.78 is 5.76. The number of anilines is 1. The van der Waals surface area contributed by atoms with Crippen LogP contribution in [0.4, 0.5) is 5.69 Å². The molecule has 0 saturated heterocycles. The van der Waals surface area contributed by atoms with Gasteiger partial charge in [-0.2, -0.15) is 0 Å². The molecule has 2 N–H and O–H groups in total. The lowest BCUT2D eigenvalue weighted by atomic mass is 10.2. The molecule has 0 radical (unpaired) electrons. The molecule has 5 nitrogen and oxygen atoms in total. The van der Waals surface area contributed by atoms with Crippen LogP contribution < -0.4 is 5.32 Å². The second kappa shape index (κ2) is 6.43. The number of amides is 1. The van der Waals surface area contributed by atoms with E-state index in [-0.39, 0.29) is 5.91 Å². The molecule has 0 spiro atoms. The molecule has 1 aliphatic carbocycles. The average Bonchev–Trinajstić information content (AvgIpc) is 3.06. The van der Waals surface area contributed by atoms with Crippen molar-refractivity contribution in [1.29, 1.82) is 0 Å². The first-order chi connectivity index (χ1) is 12.2. The van der Waals surface area contributed by atoms with E-state index in [4.69, 9.17) is 4.42 Å². The quantitative estimate of drug-likeness (QED) is 0.678. The number of aromatic amines is 1. The highest BCUT2D eigenvalue weighted by Gasteiger charge is 2.36. The number of hydrogen-bond donors (Lipinski definition) is 2. The Bertz CT molecular complexity index is 891. The molecular formula is C20H19N3O2. The Labute approximate surface area is 145 Å². The number of carbonyl (C=O) groups is 1. The van der Waals surface area contributed by atoms with Crippen molar-refractivity contribution in [2.45, 2.75) is 19.3 Å². The number of aromatic nitrogens is 2. The molecule has 4 rings (SSSR count). The molecule has 2 atom stereocenters. The van der Waals surface area contributed by atoms with Gasteiger partial charge in [0.2, 0.25) is 5.91 Å². The minimum absolute atomic E-state index is 0.191. The summed E-state index contributed by atoms with van der Waals surface area (Å²) in [6.07, 6.45) is 7.85. The second-order valence-electron chi connectivity index (χ2n) is 6.40. The monoisotopic (exact) mass is 333 g/mol. The molecule has 2 aromatic heterocycles. The zero-order valence-electron chi connectivity index (χ0n) is 13.9. The summed E-state index contributed by atoms with van der Waals surface area (Å²) in [6, 6.07) is 11.4. The fourth-order valence-corrected chi connectivity index (χ4v) is 2.85. The third kappa shape index (κ3) is 3.55. The largest absolute Gasteiger partial charge is 0.461 e. The van der Waals surface area contributed by atoms with Crippen molar-refractivity contribution in [3.8, 4) is 11.4 Å². The highest BCUT2D eigenvalue weighted by Crippen LogP contribution is 2.47. The van der Waals surface area contributed by atoms with Gasteiger partial charge in [0.05, 0.1) is 0 Å². The Kier molecular flexibility index (Phi) is 3.98. The molecule has 1 saturated carbocycles. The molecule has 2 unspecified atom stereocenters. The van der Waals surface area contributed by atoms with E-state index in [2.05, 4.69) is 22.2 Å². The SMILES string of the molecule is CC1CC1c1ccc(/C=C/C(=O)Nc2ccc(-c3ncc[nH]3)cc2)o1. The normalized spacial score (nSPS) is 19.2. The Morgan fingerprint density at radius 3 is 2.76 bits per heavy atom. The van der Waals surface area contributed by atoms with Gasteiger partial charge in [0.25, 0.3) is 0 Å². The lowest BCUT2D eigenvalue weighted by molar-refractivity contribution is -0.111. The van der Waals surface area contributed by atoms with Crippen LogP contribution in [-0.4, -0.2) is 15.9 Å². The number of rotatable bonds is 5. The van der Waals surface area contributed by atoms with Crippen LogP contribution >= 0.6 is 0 Å². The number of imidazole rings is 1. The number of H-pyrrole nitrogens is 1. The summed E-state index contributed by atoms with van der Waals surface area (Å²) in [4.78, 5) is 19.3. The molecule has 126 valence electrons. The maximum Gasteiger partial charge on any atom is 0.248 e. The first kappa shape index (κ1) is 15.4. The molecule has 1 aromatic carbocycles. The van der Waals surface area contributed by atoms with E-state index < -0.39 is 0 Å². The molecule has 25 heavy (non-hydrogen) atoms. The number of carbonyl (C=O) groups excluding carboxylic acids is 1. The van der Waals surface area contributed by atoms with Crippen LogP contribution in [0.15, 0.2) is 59.3 Å². The van der Waals surface area contributed by atoms with Crippen molar-refractivity contribution in [1.82, 2.24) is 9.97 Å². The van der Waals surface area contributed by atoms with Crippen molar-refractivity contribution in [2.24, 2.45) is 5.92 Å². The molecule has 1 aliphatic rings. The molecule has 0 bridgehead atoms. The van der Waals surface area contributed by atoms with Crippen LogP contribution in [0.5, 0.6) is 0 Å². The molecule has 1 fully saturated rings. The predicted molar refractivity (Wildman–Crippen MR) is 96.9 cm³/mol. The number of hydrogen-bond acceptors (Lipinski definition) is 3. The van der Waals surface area contributed by atoms with Gasteiger partial charge in [-0.15, -0.1) is 0 Å². The first-order valence-electron chi connectivity index (χ1n) is 8.37. The zero-order chi connectivity index (χ0) is 17.2. The second-order valence-corrected chi connectivity index (χ2v) is 6.40. The Morgan fingerprint density at radius 2 is 2.08 bits per heavy atom. The van der Waals surface area contributed by atoms with Crippen molar-refractivity contribution < 1.29 is 9.21 Å². The van der Waals surface area contributed by atoms with Crippen molar-refractivity contribution >= 4 is 17.7 Å². The number of benzene rings is 1. The third-order valence-corrected chi connectivity index (χ3v) is 4.45. The summed E-state index contributed by atoms with van der Waals surface area (Å²) in [7, 11) is 0. The maximum atomic E-state index is 12.0. The molecule has 0 aliphatic heterocycles. The predicted octanol–water partition coefficient (Wildman–Crippen LogP) is 4.45. The highest BCUT2D eigenvalue weighted by molar-refractivity contribution is 6.01. The van der Waals surface area contributed by atoms with Gasteiger partial charge in [-0.1, -0.05) is 6.92 Å². The topological polar surface area (TPSA) is 70.9 Å². The zero-order valence-corrected chi connectivity index (χ0v) is 13.9. The highest BCUT2D eigenvalue weighted by atomic mass is 16.3. The average molecular weight is 333 g/mol. The van der Waals surface area contributed by atoms with Crippen LogP contribution in [0.3, 0.4) is 0 Å². The van der Waals surface area contributed by atoms with E-state index in [1.54, 1.807) is 18.5 Å². The summed E-state index contributed by atoms with van der Waals surface area (Å²) in [6.45, 7) is 2.22. The standard InChI is InChI=1S/C20H19N3O2/c1-13-12-17(13)18-8-6-16(25-18)7-9-19(24)23-15-4-2-14(3-5-15)20-21-10-11-22-20/h2-11,13,17H,12H2,1H3,(H,21,22)(H,23,24)/b9-7+. The van der Waals surface area contributed by atoms with E-state index in [1.165, 1.54) is 12.5 Å². The third-order valence-electron chi connectivity index (χ3n) is 4.45. The van der Waals surface area contributed by atoms with Crippen LogP contribution in [0.1, 0.15) is 30.8 Å². The fraction of sp³-hybridized carbons (Fsp3) is 0.200. The summed E-state index contributed by atoms with van der Waals surface area (Å²) in [5.74, 6) is 3.58. The van der Waals surface area contributed by atoms with E-state index in [0.29, 0.717) is 17.6 Å². The van der Waals surface area contributed by atoms with Crippen molar-refractivity contribution in [3.05, 3.63) is 66.4 Å². The molecule has 5 heteroatoms. The molecule has 1 amide bonds. The summed E-state index contributed by atoms with van der Waals surface area (Å²) in [5.41, 5.74) is 1.70. The molecule has 2 heterocycles. The van der Waals surface area contributed by atoms with Gasteiger partial charge in [-0.05, 0) is 54.8 Å². The smallest absolute Gasteiger partial charge is 0.248 e. The van der Waals surface area contributed by atoms with Crippen LogP contribution in [-0.2, 0) is 4.79 Å². The number of nitrogens with zero attached hydrogens (tertiary/aromatic N) is 1. The van der Waals surface area contributed by atoms with Crippen LogP contribution in [0.2, 0.25) is 0 Å². The summed E-state index contributed by atoms with van der Waals surface area (Å²) in [5, 5.41) is 2.84. The van der Waals surface area contributed by atoms with E-state index in [9.17, 15) is 4.79 Å². The van der Waals surface area contributed by atoms with Gasteiger partial charge in [0, 0.05) is 35.6 Å². The molecular weight excluding hydrogens is 314 g/mol. The minimum atomic E-state index is -0.191. The van der Waals surface area contributed by atoms with Crippen molar-refractivity contribution in [2.75, 3.05) is 5.32 Å². The molecule has 3 aromatic rings. The van der Waals surface area contributed by atoms with Gasteiger partial charge in [-0.25, -0.2) is 4.98 Å². The van der Waals surface area contributed by atoms with E-state index in [0.717, 1.165) is 22.8 Å². The van der Waals surface area contributed by atoms with Crippen LogP contribution in [0.25, 0.3) is 17.5 Å². The maximum absolute atomic E-state index is 12.0. The number of furan rings is 1. The van der Waals surface area contributed by atoms with Gasteiger partial charge < -0.3 is 14.7 Å². The van der Waals surface area contributed by atoms with Gasteiger partial charge in [0.15, 0.2) is 0 Å². The minimum Gasteiger partial charge on any atom is -0.461 e. The Balaban J connectivity index is 1.36. The lowest BCUT2D eigenvalue weighted by Crippen LogP contribution is -2.07. The van der Waals surface area contributed by atoms with E-state index in [1.807, 2.05) is 36.4 Å².